The van der Waals surface area contributed by atoms with E-state index in [9.17, 15) is 33.0 Å². The Morgan fingerprint density at radius 3 is 2.49 bits per heavy atom. The van der Waals surface area contributed by atoms with Crippen molar-refractivity contribution in [1.29, 1.82) is 0 Å². The number of benzene rings is 2. The minimum absolute atomic E-state index is 0.0959. The summed E-state index contributed by atoms with van der Waals surface area (Å²) < 4.78 is 41.0. The highest BCUT2D eigenvalue weighted by Crippen LogP contribution is 2.35. The third kappa shape index (κ3) is 4.85. The van der Waals surface area contributed by atoms with E-state index in [4.69, 9.17) is 23.2 Å². The molecule has 3 aromatic rings. The van der Waals surface area contributed by atoms with Gasteiger partial charge in [0, 0.05) is 42.8 Å². The van der Waals surface area contributed by atoms with Crippen molar-refractivity contribution in [2.24, 2.45) is 13.0 Å². The maximum absolute atomic E-state index is 13.1. The number of β-amino-alcohol motifs (C(OH)–C–C–N with tert-alkyl or cyclic N) is 1. The fourth-order valence-electron chi connectivity index (χ4n) is 4.41. The van der Waals surface area contributed by atoms with Gasteiger partial charge in [-0.3, -0.25) is 9.59 Å². The van der Waals surface area contributed by atoms with Crippen LogP contribution in [0.15, 0.2) is 36.4 Å². The van der Waals surface area contributed by atoms with E-state index in [-0.39, 0.29) is 41.5 Å². The number of aliphatic carboxylic acids is 1. The molecule has 0 aliphatic carbocycles. The summed E-state index contributed by atoms with van der Waals surface area (Å²) in [4.78, 5) is 25.7. The molecule has 1 aliphatic rings. The fourth-order valence-corrected chi connectivity index (χ4v) is 5.00. The molecule has 1 amide bonds. The van der Waals surface area contributed by atoms with Crippen molar-refractivity contribution in [3.05, 3.63) is 68.8 Å². The fraction of sp³-hybridized carbons (Fsp3) is 0.333. The smallest absolute Gasteiger partial charge is 0.416 e. The lowest BCUT2D eigenvalue weighted by atomic mass is 9.93. The number of halogens is 5. The van der Waals surface area contributed by atoms with Gasteiger partial charge in [0.25, 0.3) is 5.91 Å². The van der Waals surface area contributed by atoms with Crippen LogP contribution in [0.25, 0.3) is 10.9 Å². The van der Waals surface area contributed by atoms with Crippen LogP contribution in [0.3, 0.4) is 0 Å². The first-order chi connectivity index (χ1) is 16.4. The summed E-state index contributed by atoms with van der Waals surface area (Å²) in [7, 11) is 1.64. The van der Waals surface area contributed by atoms with Gasteiger partial charge in [-0.05, 0) is 47.7 Å². The second-order valence-electron chi connectivity index (χ2n) is 8.58. The molecule has 11 heteroatoms. The van der Waals surface area contributed by atoms with Gasteiger partial charge in [0.1, 0.15) is 0 Å². The van der Waals surface area contributed by atoms with Crippen molar-refractivity contribution in [3.8, 4) is 0 Å². The minimum atomic E-state index is -4.47. The molecule has 0 radical (unpaired) electrons. The summed E-state index contributed by atoms with van der Waals surface area (Å²) in [5.41, 5.74) is 0.859. The molecule has 1 saturated heterocycles. The van der Waals surface area contributed by atoms with E-state index in [2.05, 4.69) is 0 Å². The van der Waals surface area contributed by atoms with E-state index in [1.54, 1.807) is 17.7 Å². The predicted molar refractivity (Wildman–Crippen MR) is 125 cm³/mol. The molecule has 6 nitrogen and oxygen atoms in total. The highest BCUT2D eigenvalue weighted by Gasteiger charge is 2.35. The first-order valence-corrected chi connectivity index (χ1v) is 11.5. The maximum atomic E-state index is 13.1. The minimum Gasteiger partial charge on any atom is -0.481 e. The Kier molecular flexibility index (Phi) is 6.78. The lowest BCUT2D eigenvalue weighted by molar-refractivity contribution is -0.148. The molecule has 35 heavy (non-hydrogen) atoms. The average molecular weight is 529 g/mol. The zero-order valence-electron chi connectivity index (χ0n) is 18.4. The van der Waals surface area contributed by atoms with Gasteiger partial charge in [-0.1, -0.05) is 29.3 Å². The Bertz CT molecular complexity index is 1320. The summed E-state index contributed by atoms with van der Waals surface area (Å²) in [6.07, 6.45) is -5.40. The van der Waals surface area contributed by atoms with Crippen LogP contribution >= 0.6 is 23.2 Å². The number of nitrogens with zero attached hydrogens (tertiary/aromatic N) is 2. The van der Waals surface area contributed by atoms with Crippen LogP contribution in [0, 0.1) is 5.92 Å². The molecule has 0 bridgehead atoms. The largest absolute Gasteiger partial charge is 0.481 e. The quantitative estimate of drug-likeness (QED) is 0.499. The van der Waals surface area contributed by atoms with Crippen LogP contribution in [0.2, 0.25) is 10.0 Å². The van der Waals surface area contributed by atoms with Gasteiger partial charge in [-0.2, -0.15) is 13.2 Å². The number of likely N-dealkylation sites (tertiary alicyclic amines) is 1. The molecule has 0 spiro atoms. The van der Waals surface area contributed by atoms with Crippen LogP contribution in [-0.2, 0) is 24.4 Å². The van der Waals surface area contributed by atoms with Crippen molar-refractivity contribution in [2.75, 3.05) is 13.1 Å². The monoisotopic (exact) mass is 528 g/mol. The standard InChI is InChI=1S/C24H21Cl2F3N2O4/c1-30-14(8-12-2-3-13(9-19(12)30)24(27,28)29)10-17-18(25)5-4-16(21(17)26)22(33)31-7-6-15(23(34)35)20(32)11-31/h2-5,8-9,15,20,32H,6-7,10-11H2,1H3,(H,34,35). The lowest BCUT2D eigenvalue weighted by Gasteiger charge is -2.34. The number of carboxylic acids is 1. The second kappa shape index (κ2) is 9.37. The van der Waals surface area contributed by atoms with Crippen LogP contribution in [0.5, 0.6) is 0 Å². The molecule has 4 rings (SSSR count). The molecule has 2 heterocycles. The number of alkyl halides is 3. The Hall–Kier alpha value is -2.75. The number of fused-ring (bicyclic) bond motifs is 1. The number of aromatic nitrogens is 1. The summed E-state index contributed by atoms with van der Waals surface area (Å²) in [6.45, 7) is 0.000709. The first-order valence-electron chi connectivity index (χ1n) is 10.7. The van der Waals surface area contributed by atoms with Gasteiger partial charge in [-0.25, -0.2) is 0 Å². The summed E-state index contributed by atoms with van der Waals surface area (Å²) in [5, 5.41) is 20.3. The normalized spacial score (nSPS) is 18.8. The topological polar surface area (TPSA) is 82.8 Å². The molecule has 1 aliphatic heterocycles. The van der Waals surface area contributed by atoms with Crippen LogP contribution in [0.4, 0.5) is 13.2 Å². The number of rotatable bonds is 4. The highest BCUT2D eigenvalue weighted by atomic mass is 35.5. The second-order valence-corrected chi connectivity index (χ2v) is 9.37. The SMILES string of the molecule is Cn1c(Cc2c(Cl)ccc(C(=O)N3CCC(C(=O)O)C(O)C3)c2Cl)cc2ccc(C(F)(F)F)cc21. The van der Waals surface area contributed by atoms with Gasteiger partial charge < -0.3 is 19.7 Å². The number of aliphatic hydroxyl groups is 1. The summed E-state index contributed by atoms with van der Waals surface area (Å²) in [5.74, 6) is -2.53. The van der Waals surface area contributed by atoms with Gasteiger partial charge >= 0.3 is 12.1 Å². The first kappa shape index (κ1) is 25.3. The van der Waals surface area contributed by atoms with Gasteiger partial charge in [-0.15, -0.1) is 0 Å². The molecule has 2 atom stereocenters. The van der Waals surface area contributed by atoms with Crippen LogP contribution in [0.1, 0.15) is 33.6 Å². The number of amides is 1. The number of carbonyl (C=O) groups is 2. The summed E-state index contributed by atoms with van der Waals surface area (Å²) >= 11 is 13.0. The Balaban J connectivity index is 1.64. The van der Waals surface area contributed by atoms with Crippen molar-refractivity contribution in [2.45, 2.75) is 25.1 Å². The van der Waals surface area contributed by atoms with Crippen molar-refractivity contribution < 1.29 is 33.0 Å². The molecular formula is C24H21Cl2F3N2O4. The molecule has 2 unspecified atom stereocenters. The van der Waals surface area contributed by atoms with Crippen LogP contribution < -0.4 is 0 Å². The van der Waals surface area contributed by atoms with E-state index < -0.39 is 35.6 Å². The van der Waals surface area contributed by atoms with Crippen molar-refractivity contribution in [3.63, 3.8) is 0 Å². The molecule has 2 N–H and O–H groups in total. The van der Waals surface area contributed by atoms with Gasteiger partial charge in [0.2, 0.25) is 0 Å². The number of carboxylic acid groups (broad SMARTS) is 1. The number of piperidine rings is 1. The lowest BCUT2D eigenvalue weighted by Crippen LogP contribution is -2.48. The molecule has 2 aromatic carbocycles. The van der Waals surface area contributed by atoms with E-state index in [0.717, 1.165) is 12.1 Å². The zero-order chi connectivity index (χ0) is 25.7. The molecule has 1 aromatic heterocycles. The van der Waals surface area contributed by atoms with E-state index in [0.29, 0.717) is 22.2 Å². The van der Waals surface area contributed by atoms with Gasteiger partial charge in [0.15, 0.2) is 0 Å². The zero-order valence-corrected chi connectivity index (χ0v) is 20.0. The Morgan fingerprint density at radius 2 is 1.86 bits per heavy atom. The van der Waals surface area contributed by atoms with E-state index >= 15 is 0 Å². The highest BCUT2D eigenvalue weighted by molar-refractivity contribution is 6.38. The number of hydrogen-bond donors (Lipinski definition) is 2. The van der Waals surface area contributed by atoms with Gasteiger partial charge in [0.05, 0.1) is 28.2 Å². The van der Waals surface area contributed by atoms with E-state index in [1.807, 2.05) is 0 Å². The van der Waals surface area contributed by atoms with E-state index in [1.165, 1.54) is 23.1 Å². The molecular weight excluding hydrogens is 508 g/mol. The summed E-state index contributed by atoms with van der Waals surface area (Å²) in [6, 6.07) is 8.21. The third-order valence-electron chi connectivity index (χ3n) is 6.43. The number of hydrogen-bond acceptors (Lipinski definition) is 3. The van der Waals surface area contributed by atoms with Crippen molar-refractivity contribution >= 4 is 46.0 Å². The average Bonchev–Trinajstić information content (AvgIpc) is 3.10. The molecule has 0 saturated carbocycles. The number of aliphatic hydroxyl groups excluding tert-OH is 1. The molecule has 186 valence electrons. The number of carbonyl (C=O) groups excluding carboxylic acids is 1. The van der Waals surface area contributed by atoms with Crippen molar-refractivity contribution in [1.82, 2.24) is 9.47 Å². The third-order valence-corrected chi connectivity index (χ3v) is 7.22. The van der Waals surface area contributed by atoms with Crippen LogP contribution in [-0.4, -0.2) is 50.8 Å². The molecule has 1 fully saturated rings. The predicted octanol–water partition coefficient (Wildman–Crippen LogP) is 5.00. The number of aryl methyl sites for hydroxylation is 1. The Labute approximate surface area is 208 Å². The Morgan fingerprint density at radius 1 is 1.14 bits per heavy atom. The maximum Gasteiger partial charge on any atom is 0.416 e.